The smallest absolute Gasteiger partial charge is 0.342 e. The van der Waals surface area contributed by atoms with Crippen molar-refractivity contribution in [1.29, 1.82) is 0 Å². The molecular weight excluding hydrogens is 456 g/mol. The van der Waals surface area contributed by atoms with E-state index in [0.717, 1.165) is 0 Å². The number of esters is 2. The van der Waals surface area contributed by atoms with E-state index in [-0.39, 0.29) is 36.0 Å². The number of ether oxygens (including phenoxy) is 3. The average Bonchev–Trinajstić information content (AvgIpc) is 3.31. The number of aromatic nitrogens is 1. The van der Waals surface area contributed by atoms with Crippen molar-refractivity contribution in [1.82, 2.24) is 4.98 Å². The predicted octanol–water partition coefficient (Wildman–Crippen LogP) is 5.02. The molecule has 1 amide bonds. The minimum absolute atomic E-state index is 0.105. The lowest BCUT2D eigenvalue weighted by Crippen LogP contribution is -2.11. The van der Waals surface area contributed by atoms with Gasteiger partial charge in [0, 0.05) is 16.7 Å². The van der Waals surface area contributed by atoms with Gasteiger partial charge in [-0.15, -0.1) is 0 Å². The van der Waals surface area contributed by atoms with Crippen LogP contribution in [0.25, 0.3) is 21.3 Å². The summed E-state index contributed by atoms with van der Waals surface area (Å²) in [7, 11) is 1.39. The minimum Gasteiger partial charge on any atom is -0.495 e. The molecule has 1 heterocycles. The Bertz CT molecular complexity index is 1350. The van der Waals surface area contributed by atoms with Crippen LogP contribution >= 0.6 is 11.3 Å². The van der Waals surface area contributed by atoms with Gasteiger partial charge in [-0.2, -0.15) is 0 Å². The summed E-state index contributed by atoms with van der Waals surface area (Å²) in [5.41, 5.74) is 2.36. The fourth-order valence-electron chi connectivity index (χ4n) is 3.65. The van der Waals surface area contributed by atoms with Gasteiger partial charge in [-0.3, -0.25) is 10.1 Å². The summed E-state index contributed by atoms with van der Waals surface area (Å²) in [4.78, 5) is 42.7. The zero-order valence-corrected chi connectivity index (χ0v) is 19.7. The predicted molar refractivity (Wildman–Crippen MR) is 129 cm³/mol. The first-order valence-corrected chi connectivity index (χ1v) is 11.4. The standard InChI is InChI=1S/C25H22N2O6S/c1-4-32-23(29)19-15-11-12-17-18(13-16(15)20(21(19)31-3)24(30)33-5-2)34-25(26-17)27-22(28)14-9-7-6-8-10-14/h6-13H,4-5H2,1-3H3,(H,26,27,28). The highest BCUT2D eigenvalue weighted by Crippen LogP contribution is 2.44. The van der Waals surface area contributed by atoms with Crippen molar-refractivity contribution >= 4 is 44.5 Å². The summed E-state index contributed by atoms with van der Waals surface area (Å²) in [5, 5.41) is 3.21. The Balaban J connectivity index is 1.85. The SMILES string of the molecule is CCOC(=O)c1c2ccc3nc(NC(=O)c4ccccc4)sc3cc-2c(C(=O)OCC)c1OC. The molecule has 0 unspecified atom stereocenters. The van der Waals surface area contributed by atoms with Gasteiger partial charge >= 0.3 is 11.9 Å². The van der Waals surface area contributed by atoms with Crippen LogP contribution < -0.4 is 10.1 Å². The summed E-state index contributed by atoms with van der Waals surface area (Å²) in [6, 6.07) is 14.0. The van der Waals surface area contributed by atoms with Crippen LogP contribution in [0, 0.1) is 0 Å². The van der Waals surface area contributed by atoms with Crippen LogP contribution in [0.1, 0.15) is 44.9 Å². The van der Waals surface area contributed by atoms with Gasteiger partial charge in [0.2, 0.25) is 0 Å². The molecule has 1 N–H and O–H groups in total. The second-order valence-corrected chi connectivity index (χ2v) is 8.15. The molecule has 0 bridgehead atoms. The van der Waals surface area contributed by atoms with E-state index in [1.54, 1.807) is 56.3 Å². The van der Waals surface area contributed by atoms with Crippen molar-refractivity contribution in [2.45, 2.75) is 13.8 Å². The summed E-state index contributed by atoms with van der Waals surface area (Å²) in [5.74, 6) is -1.38. The number of rotatable bonds is 7. The molecular formula is C25H22N2O6S. The number of benzene rings is 1. The van der Waals surface area contributed by atoms with E-state index >= 15 is 0 Å². The third-order valence-corrected chi connectivity index (χ3v) is 6.00. The van der Waals surface area contributed by atoms with Crippen LogP contribution in [0.3, 0.4) is 0 Å². The number of methoxy groups -OCH3 is 1. The van der Waals surface area contributed by atoms with E-state index in [9.17, 15) is 14.4 Å². The highest BCUT2D eigenvalue weighted by atomic mass is 32.1. The van der Waals surface area contributed by atoms with Crippen LogP contribution in [0.5, 0.6) is 5.75 Å². The van der Waals surface area contributed by atoms with Crippen molar-refractivity contribution in [3.05, 3.63) is 65.2 Å². The molecule has 8 nitrogen and oxygen atoms in total. The van der Waals surface area contributed by atoms with Gasteiger partial charge in [0.1, 0.15) is 16.9 Å². The molecule has 2 aliphatic rings. The lowest BCUT2D eigenvalue weighted by molar-refractivity contribution is 0.0523. The van der Waals surface area contributed by atoms with E-state index in [0.29, 0.717) is 32.0 Å². The fraction of sp³-hybridized carbons (Fsp3) is 0.200. The van der Waals surface area contributed by atoms with Crippen molar-refractivity contribution in [2.24, 2.45) is 0 Å². The van der Waals surface area contributed by atoms with E-state index in [4.69, 9.17) is 14.2 Å². The minimum atomic E-state index is -0.610. The normalized spacial score (nSPS) is 10.8. The molecule has 4 rings (SSSR count). The first kappa shape index (κ1) is 23.2. The third-order valence-electron chi connectivity index (χ3n) is 5.07. The van der Waals surface area contributed by atoms with Gasteiger partial charge in [-0.1, -0.05) is 35.6 Å². The highest BCUT2D eigenvalue weighted by Gasteiger charge is 2.33. The maximum absolute atomic E-state index is 12.9. The van der Waals surface area contributed by atoms with Crippen LogP contribution in [0.15, 0.2) is 48.5 Å². The third kappa shape index (κ3) is 4.29. The van der Waals surface area contributed by atoms with Gasteiger partial charge in [-0.05, 0) is 38.1 Å². The first-order valence-electron chi connectivity index (χ1n) is 10.6. The largest absolute Gasteiger partial charge is 0.495 e. The molecule has 0 spiro atoms. The molecule has 0 atom stereocenters. The number of nitrogens with one attached hydrogen (secondary N) is 1. The quantitative estimate of drug-likeness (QED) is 0.372. The average molecular weight is 479 g/mol. The Morgan fingerprint density at radius 2 is 1.56 bits per heavy atom. The number of hydrogen-bond donors (Lipinski definition) is 1. The van der Waals surface area contributed by atoms with Crippen molar-refractivity contribution < 1.29 is 28.6 Å². The van der Waals surface area contributed by atoms with Crippen molar-refractivity contribution in [3.8, 4) is 16.9 Å². The molecule has 1 aromatic heterocycles. The summed E-state index contributed by atoms with van der Waals surface area (Å²) in [6.07, 6.45) is 0. The van der Waals surface area contributed by atoms with Crippen LogP contribution in [0.2, 0.25) is 0 Å². The second-order valence-electron chi connectivity index (χ2n) is 7.12. The summed E-state index contributed by atoms with van der Waals surface area (Å²) in [6.45, 7) is 3.73. The Hall–Kier alpha value is -3.98. The Morgan fingerprint density at radius 3 is 2.18 bits per heavy atom. The van der Waals surface area contributed by atoms with Gasteiger partial charge in [0.25, 0.3) is 5.91 Å². The van der Waals surface area contributed by atoms with E-state index in [2.05, 4.69) is 10.3 Å². The molecule has 34 heavy (non-hydrogen) atoms. The summed E-state index contributed by atoms with van der Waals surface area (Å²) < 4.78 is 16.6. The van der Waals surface area contributed by atoms with E-state index in [1.165, 1.54) is 18.4 Å². The number of anilines is 1. The molecule has 0 saturated carbocycles. The second kappa shape index (κ2) is 9.88. The molecule has 2 aromatic rings. The monoisotopic (exact) mass is 478 g/mol. The van der Waals surface area contributed by atoms with Crippen molar-refractivity contribution in [2.75, 3.05) is 25.6 Å². The molecule has 0 radical (unpaired) electrons. The van der Waals surface area contributed by atoms with Gasteiger partial charge in [0.05, 0.1) is 30.5 Å². The zero-order valence-electron chi connectivity index (χ0n) is 18.8. The van der Waals surface area contributed by atoms with Crippen LogP contribution in [0.4, 0.5) is 5.13 Å². The lowest BCUT2D eigenvalue weighted by atomic mass is 10.1. The highest BCUT2D eigenvalue weighted by molar-refractivity contribution is 7.22. The van der Waals surface area contributed by atoms with Crippen LogP contribution in [-0.2, 0) is 9.47 Å². The Labute approximate surface area is 199 Å². The Morgan fingerprint density at radius 1 is 0.912 bits per heavy atom. The molecule has 174 valence electrons. The Kier molecular flexibility index (Phi) is 6.74. The fourth-order valence-corrected chi connectivity index (χ4v) is 4.54. The molecule has 1 aromatic carbocycles. The summed E-state index contributed by atoms with van der Waals surface area (Å²) >= 11 is 1.25. The van der Waals surface area contributed by atoms with E-state index in [1.807, 2.05) is 6.07 Å². The van der Waals surface area contributed by atoms with Gasteiger partial charge in [0.15, 0.2) is 5.13 Å². The number of hydrogen-bond acceptors (Lipinski definition) is 8. The number of carbonyl (C=O) groups is 3. The number of amides is 1. The van der Waals surface area contributed by atoms with Gasteiger partial charge in [-0.25, -0.2) is 14.6 Å². The molecule has 2 aliphatic carbocycles. The topological polar surface area (TPSA) is 104 Å². The number of carbonyl (C=O) groups excluding carboxylic acids is 3. The maximum Gasteiger partial charge on any atom is 0.342 e. The molecule has 9 heteroatoms. The molecule has 0 saturated heterocycles. The maximum atomic E-state index is 12.9. The van der Waals surface area contributed by atoms with Gasteiger partial charge < -0.3 is 14.2 Å². The molecule has 0 fully saturated rings. The van der Waals surface area contributed by atoms with E-state index < -0.39 is 11.9 Å². The lowest BCUT2D eigenvalue weighted by Gasteiger charge is -2.06. The van der Waals surface area contributed by atoms with Crippen molar-refractivity contribution in [3.63, 3.8) is 0 Å². The van der Waals surface area contributed by atoms with Crippen LogP contribution in [-0.4, -0.2) is 43.2 Å². The number of nitrogens with zero attached hydrogens (tertiary/aromatic N) is 1. The first-order chi connectivity index (χ1) is 16.5. The number of fused-ring (bicyclic) bond motifs is 2. The zero-order chi connectivity index (χ0) is 24.2. The number of thiazole rings is 1. The molecule has 0 aliphatic heterocycles.